The number of nitrogens with zero attached hydrogens (tertiary/aromatic N) is 1. The van der Waals surface area contributed by atoms with E-state index in [0.29, 0.717) is 13.2 Å². The van der Waals surface area contributed by atoms with Crippen LogP contribution >= 0.6 is 0 Å². The summed E-state index contributed by atoms with van der Waals surface area (Å²) in [7, 11) is 0. The number of rotatable bonds is 2. The van der Waals surface area contributed by atoms with Crippen molar-refractivity contribution in [3.63, 3.8) is 0 Å². The molecule has 4 nitrogen and oxygen atoms in total. The van der Waals surface area contributed by atoms with Crippen molar-refractivity contribution in [1.82, 2.24) is 10.2 Å². The molecule has 2 fully saturated rings. The minimum absolute atomic E-state index is 0.124. The lowest BCUT2D eigenvalue weighted by atomic mass is 9.87. The molecular formula is C17H24N2O2. The summed E-state index contributed by atoms with van der Waals surface area (Å²) >= 11 is 0. The molecule has 0 aromatic heterocycles. The summed E-state index contributed by atoms with van der Waals surface area (Å²) in [5, 5.41) is 3.44. The van der Waals surface area contributed by atoms with Crippen LogP contribution in [-0.4, -0.2) is 42.6 Å². The second-order valence-corrected chi connectivity index (χ2v) is 6.23. The lowest BCUT2D eigenvalue weighted by Gasteiger charge is -2.46. The summed E-state index contributed by atoms with van der Waals surface area (Å²) in [4.78, 5) is 14.6. The smallest absolute Gasteiger partial charge is 0.249 e. The molecule has 3 rings (SSSR count). The number of amides is 1. The molecule has 1 atom stereocenters. The summed E-state index contributed by atoms with van der Waals surface area (Å²) in [6, 6.07) is 8.34. The van der Waals surface area contributed by atoms with Gasteiger partial charge in [-0.2, -0.15) is 0 Å². The van der Waals surface area contributed by atoms with Crippen LogP contribution in [0.25, 0.3) is 0 Å². The number of morpholine rings is 1. The summed E-state index contributed by atoms with van der Waals surface area (Å²) in [5.41, 5.74) is 2.37. The molecule has 114 valence electrons. The van der Waals surface area contributed by atoms with E-state index in [1.807, 2.05) is 6.07 Å². The maximum atomic E-state index is 12.5. The molecule has 2 aliphatic heterocycles. The maximum absolute atomic E-state index is 12.5. The highest BCUT2D eigenvalue weighted by molar-refractivity contribution is 5.79. The van der Waals surface area contributed by atoms with Gasteiger partial charge in [-0.25, -0.2) is 0 Å². The molecule has 0 radical (unpaired) electrons. The molecule has 2 heterocycles. The van der Waals surface area contributed by atoms with Crippen LogP contribution in [0.1, 0.15) is 30.4 Å². The van der Waals surface area contributed by atoms with Gasteiger partial charge in [-0.3, -0.25) is 4.79 Å². The lowest BCUT2D eigenvalue weighted by Crippen LogP contribution is -2.59. The van der Waals surface area contributed by atoms with Gasteiger partial charge in [0, 0.05) is 6.54 Å². The van der Waals surface area contributed by atoms with Gasteiger partial charge in [0.2, 0.25) is 5.91 Å². The van der Waals surface area contributed by atoms with E-state index < -0.39 is 0 Å². The highest BCUT2D eigenvalue weighted by atomic mass is 16.5. The number of ether oxygens (including phenoxy) is 1. The molecule has 21 heavy (non-hydrogen) atoms. The standard InChI is InChI=1S/C17H24N2O2/c1-14-5-2-3-6-15(14)11-19-16(20)12-21-13-17(19)7-4-9-18-10-8-17/h2-3,5-6,18H,4,7-13H2,1H3. The number of carbonyl (C=O) groups is 1. The number of hydrogen-bond donors (Lipinski definition) is 1. The van der Waals surface area contributed by atoms with E-state index in [0.717, 1.165) is 32.4 Å². The lowest BCUT2D eigenvalue weighted by molar-refractivity contribution is -0.160. The Morgan fingerprint density at radius 2 is 2.14 bits per heavy atom. The average Bonchev–Trinajstić information content (AvgIpc) is 2.71. The van der Waals surface area contributed by atoms with Gasteiger partial charge in [-0.1, -0.05) is 24.3 Å². The Kier molecular flexibility index (Phi) is 4.27. The van der Waals surface area contributed by atoms with E-state index in [4.69, 9.17) is 4.74 Å². The zero-order valence-electron chi connectivity index (χ0n) is 12.7. The third-order valence-corrected chi connectivity index (χ3v) is 4.82. The monoisotopic (exact) mass is 288 g/mol. The highest BCUT2D eigenvalue weighted by Gasteiger charge is 2.43. The first-order valence-electron chi connectivity index (χ1n) is 7.85. The summed E-state index contributed by atoms with van der Waals surface area (Å²) in [6.07, 6.45) is 3.10. The topological polar surface area (TPSA) is 41.6 Å². The van der Waals surface area contributed by atoms with Gasteiger partial charge in [0.05, 0.1) is 12.1 Å². The maximum Gasteiger partial charge on any atom is 0.249 e. The van der Waals surface area contributed by atoms with Crippen molar-refractivity contribution in [3.05, 3.63) is 35.4 Å². The first-order chi connectivity index (χ1) is 10.2. The van der Waals surface area contributed by atoms with E-state index in [1.54, 1.807) is 0 Å². The fourth-order valence-corrected chi connectivity index (χ4v) is 3.49. The molecule has 0 bridgehead atoms. The average molecular weight is 288 g/mol. The molecule has 1 aromatic rings. The Morgan fingerprint density at radius 3 is 3.00 bits per heavy atom. The second kappa shape index (κ2) is 6.16. The number of nitrogens with one attached hydrogen (secondary N) is 1. The van der Waals surface area contributed by atoms with Crippen LogP contribution in [0.4, 0.5) is 0 Å². The fourth-order valence-electron chi connectivity index (χ4n) is 3.49. The van der Waals surface area contributed by atoms with Crippen LogP contribution in [-0.2, 0) is 16.1 Å². The van der Waals surface area contributed by atoms with E-state index in [9.17, 15) is 4.79 Å². The van der Waals surface area contributed by atoms with Crippen LogP contribution in [0.2, 0.25) is 0 Å². The molecule has 1 spiro atoms. The van der Waals surface area contributed by atoms with Gasteiger partial charge < -0.3 is 15.0 Å². The van der Waals surface area contributed by atoms with Crippen LogP contribution in [0.3, 0.4) is 0 Å². The predicted octanol–water partition coefficient (Wildman–Crippen LogP) is 1.87. The zero-order chi connectivity index (χ0) is 14.7. The van der Waals surface area contributed by atoms with E-state index >= 15 is 0 Å². The minimum Gasteiger partial charge on any atom is -0.369 e. The minimum atomic E-state index is -0.124. The fraction of sp³-hybridized carbons (Fsp3) is 0.588. The van der Waals surface area contributed by atoms with Gasteiger partial charge >= 0.3 is 0 Å². The van der Waals surface area contributed by atoms with Crippen molar-refractivity contribution in [2.45, 2.75) is 38.3 Å². The van der Waals surface area contributed by atoms with Gasteiger partial charge in [-0.05, 0) is 50.4 Å². The van der Waals surface area contributed by atoms with Crippen molar-refractivity contribution in [2.75, 3.05) is 26.3 Å². The Morgan fingerprint density at radius 1 is 1.29 bits per heavy atom. The Hall–Kier alpha value is -1.39. The van der Waals surface area contributed by atoms with E-state index in [1.165, 1.54) is 11.1 Å². The SMILES string of the molecule is Cc1ccccc1CN1C(=O)COCC12CCCNCC2. The number of benzene rings is 1. The molecule has 2 aliphatic rings. The van der Waals surface area contributed by atoms with Crippen LogP contribution in [0.15, 0.2) is 24.3 Å². The largest absolute Gasteiger partial charge is 0.369 e. The van der Waals surface area contributed by atoms with Crippen molar-refractivity contribution in [1.29, 1.82) is 0 Å². The summed E-state index contributed by atoms with van der Waals surface area (Å²) in [6.45, 7) is 5.71. The number of aryl methyl sites for hydroxylation is 1. The predicted molar refractivity (Wildman–Crippen MR) is 82.0 cm³/mol. The number of hydrogen-bond acceptors (Lipinski definition) is 3. The second-order valence-electron chi connectivity index (χ2n) is 6.23. The zero-order valence-corrected chi connectivity index (χ0v) is 12.7. The van der Waals surface area contributed by atoms with Gasteiger partial charge in [0.1, 0.15) is 6.61 Å². The van der Waals surface area contributed by atoms with Crippen molar-refractivity contribution in [3.8, 4) is 0 Å². The molecule has 2 saturated heterocycles. The van der Waals surface area contributed by atoms with Crippen molar-refractivity contribution < 1.29 is 9.53 Å². The first kappa shape index (κ1) is 14.5. The molecule has 0 saturated carbocycles. The van der Waals surface area contributed by atoms with Crippen LogP contribution in [0.5, 0.6) is 0 Å². The van der Waals surface area contributed by atoms with Crippen molar-refractivity contribution in [2.24, 2.45) is 0 Å². The molecule has 4 heteroatoms. The molecule has 1 N–H and O–H groups in total. The van der Waals surface area contributed by atoms with Crippen LogP contribution in [0, 0.1) is 6.92 Å². The third-order valence-electron chi connectivity index (χ3n) is 4.82. The molecule has 1 unspecified atom stereocenters. The Labute approximate surface area is 126 Å². The molecule has 1 aromatic carbocycles. The van der Waals surface area contributed by atoms with Crippen molar-refractivity contribution >= 4 is 5.91 Å². The highest BCUT2D eigenvalue weighted by Crippen LogP contribution is 2.32. The van der Waals surface area contributed by atoms with Gasteiger partial charge in [-0.15, -0.1) is 0 Å². The van der Waals surface area contributed by atoms with E-state index in [2.05, 4.69) is 35.3 Å². The van der Waals surface area contributed by atoms with E-state index in [-0.39, 0.29) is 18.1 Å². The summed E-state index contributed by atoms with van der Waals surface area (Å²) in [5.74, 6) is 0.131. The molecule has 0 aliphatic carbocycles. The normalized spacial score (nSPS) is 26.9. The van der Waals surface area contributed by atoms with Crippen LogP contribution < -0.4 is 5.32 Å². The Bertz CT molecular complexity index is 507. The first-order valence-corrected chi connectivity index (χ1v) is 7.85. The quantitative estimate of drug-likeness (QED) is 0.903. The summed E-state index contributed by atoms with van der Waals surface area (Å²) < 4.78 is 5.61. The molecular weight excluding hydrogens is 264 g/mol. The third kappa shape index (κ3) is 2.97. The molecule has 1 amide bonds. The van der Waals surface area contributed by atoms with Gasteiger partial charge in [0.25, 0.3) is 0 Å². The number of carbonyl (C=O) groups excluding carboxylic acids is 1. The Balaban J connectivity index is 1.87. The van der Waals surface area contributed by atoms with Gasteiger partial charge in [0.15, 0.2) is 0 Å².